The maximum absolute atomic E-state index is 6.37. The molecule has 1 aromatic heterocycles. The molecule has 0 spiro atoms. The SMILES string of the molecule is CCc1cc(-c2cc(Cl)cc3c2O[C@@H](CN)C3)nc(N2CCOCC2)n1. The summed E-state index contributed by atoms with van der Waals surface area (Å²) in [7, 11) is 0. The molecule has 0 aliphatic carbocycles. The smallest absolute Gasteiger partial charge is 0.226 e. The van der Waals surface area contributed by atoms with Crippen molar-refractivity contribution in [2.75, 3.05) is 37.7 Å². The van der Waals surface area contributed by atoms with Crippen LogP contribution in [-0.2, 0) is 17.6 Å². The van der Waals surface area contributed by atoms with Gasteiger partial charge >= 0.3 is 0 Å². The number of halogens is 1. The number of anilines is 1. The van der Waals surface area contributed by atoms with Crippen LogP contribution < -0.4 is 15.4 Å². The van der Waals surface area contributed by atoms with Crippen LogP contribution in [0, 0.1) is 0 Å². The zero-order valence-electron chi connectivity index (χ0n) is 14.9. The number of rotatable bonds is 4. The van der Waals surface area contributed by atoms with E-state index in [-0.39, 0.29) is 6.10 Å². The average molecular weight is 375 g/mol. The lowest BCUT2D eigenvalue weighted by Gasteiger charge is -2.27. The molecular formula is C19H23ClN4O2. The van der Waals surface area contributed by atoms with E-state index in [2.05, 4.69) is 11.8 Å². The quantitative estimate of drug-likeness (QED) is 0.886. The van der Waals surface area contributed by atoms with Gasteiger partial charge in [0, 0.05) is 47.9 Å². The second-order valence-corrected chi connectivity index (χ2v) is 7.06. The van der Waals surface area contributed by atoms with E-state index in [0.717, 1.165) is 60.1 Å². The fourth-order valence-electron chi connectivity index (χ4n) is 3.42. The molecule has 1 atom stereocenters. The topological polar surface area (TPSA) is 73.5 Å². The molecule has 0 radical (unpaired) electrons. The Labute approximate surface area is 158 Å². The van der Waals surface area contributed by atoms with Crippen LogP contribution in [0.15, 0.2) is 18.2 Å². The minimum atomic E-state index is -0.00610. The molecule has 2 aliphatic heterocycles. The van der Waals surface area contributed by atoms with Gasteiger partial charge in [-0.15, -0.1) is 0 Å². The molecule has 6 nitrogen and oxygen atoms in total. The molecule has 0 saturated carbocycles. The summed E-state index contributed by atoms with van der Waals surface area (Å²) in [5.41, 5.74) is 9.65. The van der Waals surface area contributed by atoms with Crippen LogP contribution in [0.3, 0.4) is 0 Å². The van der Waals surface area contributed by atoms with E-state index in [9.17, 15) is 0 Å². The highest BCUT2D eigenvalue weighted by Crippen LogP contribution is 2.40. The van der Waals surface area contributed by atoms with Gasteiger partial charge in [-0.2, -0.15) is 0 Å². The van der Waals surface area contributed by atoms with E-state index in [1.165, 1.54) is 0 Å². The first-order valence-corrected chi connectivity index (χ1v) is 9.46. The highest BCUT2D eigenvalue weighted by Gasteiger charge is 2.27. The van der Waals surface area contributed by atoms with Crippen LogP contribution in [0.5, 0.6) is 5.75 Å². The summed E-state index contributed by atoms with van der Waals surface area (Å²) in [6.07, 6.45) is 1.61. The first-order valence-electron chi connectivity index (χ1n) is 9.08. The van der Waals surface area contributed by atoms with Gasteiger partial charge in [-0.3, -0.25) is 0 Å². The predicted molar refractivity (Wildman–Crippen MR) is 102 cm³/mol. The summed E-state index contributed by atoms with van der Waals surface area (Å²) in [6, 6.07) is 5.90. The van der Waals surface area contributed by atoms with Crippen LogP contribution in [-0.4, -0.2) is 48.9 Å². The van der Waals surface area contributed by atoms with Crippen LogP contribution in [0.4, 0.5) is 5.95 Å². The van der Waals surface area contributed by atoms with Crippen molar-refractivity contribution >= 4 is 17.5 Å². The highest BCUT2D eigenvalue weighted by atomic mass is 35.5. The molecule has 7 heteroatoms. The number of ether oxygens (including phenoxy) is 2. The number of benzene rings is 1. The van der Waals surface area contributed by atoms with Gasteiger partial charge in [-0.1, -0.05) is 18.5 Å². The molecule has 0 unspecified atom stereocenters. The number of aryl methyl sites for hydroxylation is 1. The molecule has 3 heterocycles. The zero-order chi connectivity index (χ0) is 18.1. The Bertz CT molecular complexity index is 808. The Morgan fingerprint density at radius 2 is 2.04 bits per heavy atom. The van der Waals surface area contributed by atoms with Crippen molar-refractivity contribution < 1.29 is 9.47 Å². The summed E-state index contributed by atoms with van der Waals surface area (Å²) in [4.78, 5) is 11.7. The number of fused-ring (bicyclic) bond motifs is 1. The fourth-order valence-corrected chi connectivity index (χ4v) is 3.66. The lowest BCUT2D eigenvalue weighted by atomic mass is 10.0. The third-order valence-electron chi connectivity index (χ3n) is 4.83. The molecule has 26 heavy (non-hydrogen) atoms. The normalized spacial score (nSPS) is 19.3. The Balaban J connectivity index is 1.78. The number of hydrogen-bond donors (Lipinski definition) is 1. The van der Waals surface area contributed by atoms with Crippen LogP contribution in [0.2, 0.25) is 5.02 Å². The Morgan fingerprint density at radius 1 is 1.23 bits per heavy atom. The van der Waals surface area contributed by atoms with Crippen molar-refractivity contribution in [2.45, 2.75) is 25.9 Å². The summed E-state index contributed by atoms with van der Waals surface area (Å²) in [5, 5.41) is 0.685. The molecule has 0 bridgehead atoms. The molecule has 1 aromatic carbocycles. The van der Waals surface area contributed by atoms with Gasteiger partial charge in [0.05, 0.1) is 18.9 Å². The molecular weight excluding hydrogens is 352 g/mol. The van der Waals surface area contributed by atoms with E-state index < -0.39 is 0 Å². The highest BCUT2D eigenvalue weighted by molar-refractivity contribution is 6.31. The van der Waals surface area contributed by atoms with Crippen LogP contribution >= 0.6 is 11.6 Å². The molecule has 1 fully saturated rings. The number of hydrogen-bond acceptors (Lipinski definition) is 6. The van der Waals surface area contributed by atoms with Crippen molar-refractivity contribution in [1.29, 1.82) is 0 Å². The molecule has 4 rings (SSSR count). The van der Waals surface area contributed by atoms with Crippen molar-refractivity contribution in [2.24, 2.45) is 5.73 Å². The average Bonchev–Trinajstić information content (AvgIpc) is 3.10. The monoisotopic (exact) mass is 374 g/mol. The van der Waals surface area contributed by atoms with Gasteiger partial charge in [0.15, 0.2) is 0 Å². The number of nitrogens with zero attached hydrogens (tertiary/aromatic N) is 3. The van der Waals surface area contributed by atoms with Gasteiger partial charge in [-0.05, 0) is 24.6 Å². The lowest BCUT2D eigenvalue weighted by molar-refractivity contribution is 0.122. The van der Waals surface area contributed by atoms with Crippen molar-refractivity contribution in [3.05, 3.63) is 34.5 Å². The minimum absolute atomic E-state index is 0.00610. The first kappa shape index (κ1) is 17.5. The molecule has 2 aliphatic rings. The summed E-state index contributed by atoms with van der Waals surface area (Å²) < 4.78 is 11.5. The summed E-state index contributed by atoms with van der Waals surface area (Å²) >= 11 is 6.37. The number of morpholine rings is 1. The van der Waals surface area contributed by atoms with Crippen LogP contribution in [0.1, 0.15) is 18.2 Å². The van der Waals surface area contributed by atoms with Gasteiger partial charge in [0.2, 0.25) is 5.95 Å². The Morgan fingerprint density at radius 3 is 2.77 bits per heavy atom. The number of nitrogens with two attached hydrogens (primary N) is 1. The third-order valence-corrected chi connectivity index (χ3v) is 5.04. The van der Waals surface area contributed by atoms with E-state index >= 15 is 0 Å². The van der Waals surface area contributed by atoms with E-state index in [0.29, 0.717) is 24.8 Å². The molecule has 2 N–H and O–H groups in total. The van der Waals surface area contributed by atoms with Crippen molar-refractivity contribution in [1.82, 2.24) is 9.97 Å². The maximum atomic E-state index is 6.37. The van der Waals surface area contributed by atoms with Gasteiger partial charge < -0.3 is 20.1 Å². The second-order valence-electron chi connectivity index (χ2n) is 6.62. The number of aromatic nitrogens is 2. The fraction of sp³-hybridized carbons (Fsp3) is 0.474. The summed E-state index contributed by atoms with van der Waals surface area (Å²) in [5.74, 6) is 1.59. The largest absolute Gasteiger partial charge is 0.488 e. The standard InChI is InChI=1S/C19H23ClN4O2/c1-2-14-10-17(23-19(22-14)24-3-5-25-6-4-24)16-9-13(20)7-12-8-15(11-21)26-18(12)16/h7,9-10,15H,2-6,8,11,21H2,1H3/t15-/m1/s1. The van der Waals surface area contributed by atoms with E-state index in [4.69, 9.17) is 36.8 Å². The van der Waals surface area contributed by atoms with Crippen molar-refractivity contribution in [3.63, 3.8) is 0 Å². The van der Waals surface area contributed by atoms with Gasteiger partial charge in [-0.25, -0.2) is 9.97 Å². The Kier molecular flexibility index (Phi) is 4.98. The maximum Gasteiger partial charge on any atom is 0.226 e. The summed E-state index contributed by atoms with van der Waals surface area (Å²) in [6.45, 7) is 5.57. The lowest BCUT2D eigenvalue weighted by Crippen LogP contribution is -2.37. The van der Waals surface area contributed by atoms with Gasteiger partial charge in [0.1, 0.15) is 11.9 Å². The van der Waals surface area contributed by atoms with E-state index in [1.54, 1.807) is 0 Å². The second kappa shape index (κ2) is 7.39. The molecule has 0 amide bonds. The van der Waals surface area contributed by atoms with Crippen molar-refractivity contribution in [3.8, 4) is 17.0 Å². The van der Waals surface area contributed by atoms with Crippen LogP contribution in [0.25, 0.3) is 11.3 Å². The molecule has 138 valence electrons. The van der Waals surface area contributed by atoms with Gasteiger partial charge in [0.25, 0.3) is 0 Å². The zero-order valence-corrected chi connectivity index (χ0v) is 15.6. The first-order chi connectivity index (χ1) is 12.7. The third kappa shape index (κ3) is 3.37. The predicted octanol–water partition coefficient (Wildman–Crippen LogP) is 2.46. The minimum Gasteiger partial charge on any atom is -0.488 e. The molecule has 2 aromatic rings. The van der Waals surface area contributed by atoms with E-state index in [1.807, 2.05) is 18.2 Å². The Hall–Kier alpha value is -1.89. The molecule has 1 saturated heterocycles.